The summed E-state index contributed by atoms with van der Waals surface area (Å²) < 4.78 is 16.9. The van der Waals surface area contributed by atoms with E-state index in [2.05, 4.69) is 58.4 Å². The SMILES string of the molecule is COCOc1cc(-n2nccn2)cnc1-c1ccc(OC2CC(C)(C)NC(C)(C)C2)nn1. The van der Waals surface area contributed by atoms with Crippen LogP contribution in [-0.2, 0) is 4.74 Å². The lowest BCUT2D eigenvalue weighted by molar-refractivity contribution is 0.0509. The van der Waals surface area contributed by atoms with E-state index in [9.17, 15) is 0 Å². The van der Waals surface area contributed by atoms with E-state index in [-0.39, 0.29) is 24.0 Å². The molecule has 1 fully saturated rings. The minimum Gasteiger partial charge on any atom is -0.473 e. The van der Waals surface area contributed by atoms with Crippen LogP contribution in [0.3, 0.4) is 0 Å². The highest BCUT2D eigenvalue weighted by molar-refractivity contribution is 5.63. The molecular formula is C22H29N7O3. The van der Waals surface area contributed by atoms with E-state index in [0.29, 0.717) is 28.7 Å². The molecule has 10 nitrogen and oxygen atoms in total. The summed E-state index contributed by atoms with van der Waals surface area (Å²) in [6, 6.07) is 5.43. The number of rotatable bonds is 7. The van der Waals surface area contributed by atoms with Crippen LogP contribution >= 0.6 is 0 Å². The molecule has 0 aliphatic carbocycles. The zero-order valence-corrected chi connectivity index (χ0v) is 19.1. The van der Waals surface area contributed by atoms with Crippen LogP contribution in [0.1, 0.15) is 40.5 Å². The summed E-state index contributed by atoms with van der Waals surface area (Å²) in [5.41, 5.74) is 1.75. The van der Waals surface area contributed by atoms with Gasteiger partial charge in [-0.15, -0.1) is 15.0 Å². The molecule has 0 radical (unpaired) electrons. The summed E-state index contributed by atoms with van der Waals surface area (Å²) >= 11 is 0. The van der Waals surface area contributed by atoms with Gasteiger partial charge < -0.3 is 19.5 Å². The molecule has 1 N–H and O–H groups in total. The minimum absolute atomic E-state index is 0.0114. The summed E-state index contributed by atoms with van der Waals surface area (Å²) in [7, 11) is 1.56. The molecule has 0 atom stereocenters. The molecule has 1 aliphatic heterocycles. The first-order valence-corrected chi connectivity index (χ1v) is 10.5. The Morgan fingerprint density at radius 3 is 2.41 bits per heavy atom. The first-order valence-electron chi connectivity index (χ1n) is 10.5. The van der Waals surface area contributed by atoms with Crippen LogP contribution in [0.4, 0.5) is 0 Å². The molecule has 4 heterocycles. The van der Waals surface area contributed by atoms with Crippen LogP contribution < -0.4 is 14.8 Å². The van der Waals surface area contributed by atoms with Gasteiger partial charge in [-0.1, -0.05) is 0 Å². The molecule has 3 aromatic rings. The summed E-state index contributed by atoms with van der Waals surface area (Å²) in [6.07, 6.45) is 6.68. The topological polar surface area (TPSA) is 109 Å². The summed E-state index contributed by atoms with van der Waals surface area (Å²) in [5, 5.41) is 20.5. The van der Waals surface area contributed by atoms with Crippen LogP contribution in [0.15, 0.2) is 36.8 Å². The highest BCUT2D eigenvalue weighted by Gasteiger charge is 2.38. The number of ether oxygens (including phenoxy) is 3. The second-order valence-corrected chi connectivity index (χ2v) is 9.21. The number of aromatic nitrogens is 6. The Kier molecular flexibility index (Phi) is 6.07. The first kappa shape index (κ1) is 22.1. The van der Waals surface area contributed by atoms with Crippen molar-refractivity contribution in [3.63, 3.8) is 0 Å². The monoisotopic (exact) mass is 439 g/mol. The number of nitrogens with zero attached hydrogens (tertiary/aromatic N) is 6. The van der Waals surface area contributed by atoms with E-state index >= 15 is 0 Å². The number of hydrogen-bond acceptors (Lipinski definition) is 9. The third-order valence-electron chi connectivity index (χ3n) is 5.14. The van der Waals surface area contributed by atoms with Crippen molar-refractivity contribution in [3.05, 3.63) is 36.8 Å². The molecule has 4 rings (SSSR count). The van der Waals surface area contributed by atoms with Crippen LogP contribution in [0.25, 0.3) is 17.1 Å². The highest BCUT2D eigenvalue weighted by Crippen LogP contribution is 2.32. The quantitative estimate of drug-likeness (QED) is 0.556. The summed E-state index contributed by atoms with van der Waals surface area (Å²) in [6.45, 7) is 8.83. The normalized spacial score (nSPS) is 17.8. The maximum absolute atomic E-state index is 6.18. The minimum atomic E-state index is -0.0114. The Bertz CT molecular complexity index is 1020. The van der Waals surface area contributed by atoms with Crippen LogP contribution in [0, 0.1) is 0 Å². The van der Waals surface area contributed by atoms with Gasteiger partial charge >= 0.3 is 0 Å². The number of methoxy groups -OCH3 is 1. The van der Waals surface area contributed by atoms with E-state index in [1.807, 2.05) is 12.1 Å². The lowest BCUT2D eigenvalue weighted by atomic mass is 9.81. The Hall–Kier alpha value is -3.11. The van der Waals surface area contributed by atoms with E-state index in [4.69, 9.17) is 14.2 Å². The lowest BCUT2D eigenvalue weighted by Gasteiger charge is -2.46. The van der Waals surface area contributed by atoms with Gasteiger partial charge in [0.1, 0.15) is 23.2 Å². The van der Waals surface area contributed by atoms with Crippen LogP contribution in [0.2, 0.25) is 0 Å². The van der Waals surface area contributed by atoms with Crippen molar-refractivity contribution < 1.29 is 14.2 Å². The molecule has 3 aromatic heterocycles. The van der Waals surface area contributed by atoms with Crippen molar-refractivity contribution >= 4 is 0 Å². The predicted octanol–water partition coefficient (Wildman–Crippen LogP) is 2.79. The fourth-order valence-corrected chi connectivity index (χ4v) is 4.31. The van der Waals surface area contributed by atoms with Gasteiger partial charge in [0.05, 0.1) is 18.6 Å². The Balaban J connectivity index is 1.54. The first-order chi connectivity index (χ1) is 15.2. The highest BCUT2D eigenvalue weighted by atomic mass is 16.7. The Morgan fingerprint density at radius 1 is 1.06 bits per heavy atom. The average Bonchev–Trinajstić information content (AvgIpc) is 3.25. The largest absolute Gasteiger partial charge is 0.473 e. The van der Waals surface area contributed by atoms with Crippen LogP contribution in [0.5, 0.6) is 11.6 Å². The van der Waals surface area contributed by atoms with Gasteiger partial charge in [-0.25, -0.2) is 4.98 Å². The van der Waals surface area contributed by atoms with Gasteiger partial charge in [0.2, 0.25) is 5.88 Å². The molecule has 0 unspecified atom stereocenters. The van der Waals surface area contributed by atoms with E-state index < -0.39 is 0 Å². The second-order valence-electron chi connectivity index (χ2n) is 9.21. The summed E-state index contributed by atoms with van der Waals surface area (Å²) in [5.74, 6) is 0.982. The molecule has 1 saturated heterocycles. The Morgan fingerprint density at radius 2 is 1.78 bits per heavy atom. The van der Waals surface area contributed by atoms with Crippen molar-refractivity contribution in [2.75, 3.05) is 13.9 Å². The van der Waals surface area contributed by atoms with Crippen molar-refractivity contribution in [1.29, 1.82) is 0 Å². The molecule has 32 heavy (non-hydrogen) atoms. The van der Waals surface area contributed by atoms with Gasteiger partial charge in [-0.05, 0) is 33.8 Å². The van der Waals surface area contributed by atoms with E-state index in [1.54, 1.807) is 31.8 Å². The zero-order chi connectivity index (χ0) is 22.8. The van der Waals surface area contributed by atoms with Gasteiger partial charge in [-0.2, -0.15) is 10.2 Å². The van der Waals surface area contributed by atoms with Crippen molar-refractivity contribution in [3.8, 4) is 28.7 Å². The Labute approximate surface area is 187 Å². The molecule has 0 saturated carbocycles. The van der Waals surface area contributed by atoms with Gasteiger partial charge in [0, 0.05) is 43.2 Å². The molecule has 0 aromatic carbocycles. The fourth-order valence-electron chi connectivity index (χ4n) is 4.31. The number of hydrogen-bond donors (Lipinski definition) is 1. The van der Waals surface area contributed by atoms with Gasteiger partial charge in [-0.3, -0.25) is 0 Å². The molecule has 10 heteroatoms. The second kappa shape index (κ2) is 8.79. The smallest absolute Gasteiger partial charge is 0.233 e. The molecule has 0 amide bonds. The predicted molar refractivity (Wildman–Crippen MR) is 118 cm³/mol. The maximum Gasteiger partial charge on any atom is 0.233 e. The molecule has 0 spiro atoms. The number of nitrogens with one attached hydrogen (secondary N) is 1. The van der Waals surface area contributed by atoms with Gasteiger partial charge in [0.15, 0.2) is 12.5 Å². The maximum atomic E-state index is 6.18. The van der Waals surface area contributed by atoms with Crippen molar-refractivity contribution in [2.24, 2.45) is 0 Å². The van der Waals surface area contributed by atoms with E-state index in [1.165, 1.54) is 4.80 Å². The molecular weight excluding hydrogens is 410 g/mol. The van der Waals surface area contributed by atoms with E-state index in [0.717, 1.165) is 12.8 Å². The third-order valence-corrected chi connectivity index (χ3v) is 5.14. The lowest BCUT2D eigenvalue weighted by Crippen LogP contribution is -2.60. The summed E-state index contributed by atoms with van der Waals surface area (Å²) in [4.78, 5) is 5.97. The van der Waals surface area contributed by atoms with Crippen molar-refractivity contribution in [2.45, 2.75) is 57.7 Å². The van der Waals surface area contributed by atoms with Gasteiger partial charge in [0.25, 0.3) is 0 Å². The number of pyridine rings is 1. The zero-order valence-electron chi connectivity index (χ0n) is 19.1. The number of piperidine rings is 1. The molecule has 0 bridgehead atoms. The standard InChI is InChI=1S/C22H29N7O3/c1-21(2)11-16(12-22(3,4)28-21)32-19-7-6-17(26-27-19)20-18(31-14-30-5)10-15(13-23-20)29-24-8-9-25-29/h6-10,13,16,28H,11-12,14H2,1-5H3. The average molecular weight is 440 g/mol. The fraction of sp³-hybridized carbons (Fsp3) is 0.500. The molecule has 1 aliphatic rings. The van der Waals surface area contributed by atoms with Crippen molar-refractivity contribution in [1.82, 2.24) is 35.5 Å². The molecule has 170 valence electrons. The third kappa shape index (κ3) is 5.20. The van der Waals surface area contributed by atoms with Crippen LogP contribution in [-0.4, -0.2) is 61.3 Å².